The molecule has 22 heavy (non-hydrogen) atoms. The molecular weight excluding hydrogens is 355 g/mol. The zero-order valence-corrected chi connectivity index (χ0v) is 14.6. The van der Waals surface area contributed by atoms with Crippen molar-refractivity contribution in [2.24, 2.45) is 4.99 Å². The van der Waals surface area contributed by atoms with Crippen LogP contribution in [0.4, 0.5) is 5.69 Å². The molecule has 0 fully saturated rings. The standard InChI is InChI=1S/C13H16Cl2N2.ClH3O4/c1-9(14)12(17-13(2,3)4)16-11-7-5-10(15)6-8-11;2-1(3,4)5/h5-8H,1H2,2-4H3,(H,16,17);2-4H. The molecule has 0 bridgehead atoms. The number of amidine groups is 1. The van der Waals surface area contributed by atoms with Crippen LogP contribution in [0.2, 0.25) is 5.02 Å². The number of hydrogen-bond acceptors (Lipinski definition) is 5. The summed E-state index contributed by atoms with van der Waals surface area (Å²) in [6.45, 7) is 9.69. The normalized spacial score (nSPS) is 13.0. The van der Waals surface area contributed by atoms with Crippen molar-refractivity contribution in [1.29, 1.82) is 0 Å². The zero-order chi connectivity index (χ0) is 17.6. The molecule has 6 nitrogen and oxygen atoms in total. The number of benzene rings is 1. The molecule has 0 saturated heterocycles. The first-order valence-corrected chi connectivity index (χ1v) is 7.99. The Labute approximate surface area is 141 Å². The Balaban J connectivity index is 0.000000763. The van der Waals surface area contributed by atoms with Crippen LogP contribution in [0.5, 0.6) is 0 Å². The van der Waals surface area contributed by atoms with Gasteiger partial charge in [0.2, 0.25) is 0 Å². The van der Waals surface area contributed by atoms with Gasteiger partial charge in [-0.2, -0.15) is 0 Å². The van der Waals surface area contributed by atoms with Crippen molar-refractivity contribution in [2.75, 3.05) is 5.32 Å². The van der Waals surface area contributed by atoms with Gasteiger partial charge in [-0.25, -0.2) is 0 Å². The van der Waals surface area contributed by atoms with Gasteiger partial charge < -0.3 is 5.32 Å². The number of anilines is 1. The van der Waals surface area contributed by atoms with Crippen LogP contribution in [-0.4, -0.2) is 25.4 Å². The van der Waals surface area contributed by atoms with Gasteiger partial charge in [0.1, 0.15) is 5.84 Å². The minimum absolute atomic E-state index is 0.216. The Morgan fingerprint density at radius 2 is 1.64 bits per heavy atom. The van der Waals surface area contributed by atoms with Crippen LogP contribution in [0.15, 0.2) is 40.9 Å². The fraction of sp³-hybridized carbons (Fsp3) is 0.308. The Morgan fingerprint density at radius 3 is 1.95 bits per heavy atom. The van der Waals surface area contributed by atoms with E-state index in [1.165, 1.54) is 0 Å². The molecule has 0 saturated carbocycles. The quantitative estimate of drug-likeness (QED) is 0.467. The van der Waals surface area contributed by atoms with Gasteiger partial charge in [-0.05, 0) is 45.0 Å². The van der Waals surface area contributed by atoms with Crippen LogP contribution < -0.4 is 9.98 Å². The van der Waals surface area contributed by atoms with Gasteiger partial charge in [-0.1, -0.05) is 29.8 Å². The maximum atomic E-state index is 8.83. The number of halogens is 3. The number of nitrogens with zero attached hydrogens (tertiary/aromatic N) is 1. The van der Waals surface area contributed by atoms with Crippen molar-refractivity contribution >= 4 is 34.7 Å². The molecule has 9 heteroatoms. The molecule has 0 amide bonds. The van der Waals surface area contributed by atoms with Gasteiger partial charge in [0.15, 0.2) is 0 Å². The van der Waals surface area contributed by atoms with E-state index in [4.69, 9.17) is 41.8 Å². The summed E-state index contributed by atoms with van der Waals surface area (Å²) >= 11 is 11.7. The van der Waals surface area contributed by atoms with Crippen LogP contribution >= 0.6 is 23.2 Å². The van der Waals surface area contributed by atoms with Gasteiger partial charge in [0.05, 0.1) is 10.6 Å². The molecule has 0 aliphatic heterocycles. The van der Waals surface area contributed by atoms with Crippen molar-refractivity contribution < 1.29 is 28.9 Å². The summed E-state index contributed by atoms with van der Waals surface area (Å²) in [5.74, 6) is 0.571. The van der Waals surface area contributed by atoms with Gasteiger partial charge in [-0.3, -0.25) is 4.99 Å². The second-order valence-corrected chi connectivity index (χ2v) is 6.86. The molecule has 4 N–H and O–H groups in total. The van der Waals surface area contributed by atoms with Gasteiger partial charge in [0, 0.05) is 10.7 Å². The third-order valence-electron chi connectivity index (χ3n) is 1.81. The second kappa shape index (κ2) is 8.69. The molecule has 0 spiro atoms. The second-order valence-electron chi connectivity index (χ2n) is 5.10. The van der Waals surface area contributed by atoms with Crippen molar-refractivity contribution in [2.45, 2.75) is 26.3 Å². The van der Waals surface area contributed by atoms with E-state index in [0.717, 1.165) is 5.69 Å². The van der Waals surface area contributed by atoms with E-state index in [9.17, 15) is 0 Å². The molecule has 0 unspecified atom stereocenters. The van der Waals surface area contributed by atoms with Crippen molar-refractivity contribution in [3.05, 3.63) is 40.9 Å². The third-order valence-corrected chi connectivity index (χ3v) is 2.24. The molecule has 0 heterocycles. The van der Waals surface area contributed by atoms with Crippen LogP contribution in [0.1, 0.15) is 20.8 Å². The molecule has 1 aromatic rings. The molecule has 0 atom stereocenters. The van der Waals surface area contributed by atoms with E-state index in [1.807, 2.05) is 32.9 Å². The van der Waals surface area contributed by atoms with Crippen molar-refractivity contribution in [3.63, 3.8) is 0 Å². The molecule has 0 aliphatic rings. The summed E-state index contributed by atoms with van der Waals surface area (Å²) in [5, 5.41) is 4.20. The van der Waals surface area contributed by atoms with Gasteiger partial charge >= 0.3 is 28.9 Å². The monoisotopic (exact) mass is 372 g/mol. The first-order valence-electron chi connectivity index (χ1n) is 5.91. The predicted molar refractivity (Wildman–Crippen MR) is 83.9 cm³/mol. The van der Waals surface area contributed by atoms with E-state index in [0.29, 0.717) is 15.9 Å². The maximum absolute atomic E-state index is 8.83. The molecule has 0 aromatic heterocycles. The summed E-state index contributed by atoms with van der Waals surface area (Å²) in [6.07, 6.45) is 0. The third kappa shape index (κ3) is 12.8. The van der Waals surface area contributed by atoms with Gasteiger partial charge in [0.25, 0.3) is 0 Å². The van der Waals surface area contributed by atoms with E-state index >= 15 is 0 Å². The molecule has 0 radical (unpaired) electrons. The van der Waals surface area contributed by atoms with Gasteiger partial charge in [-0.15, -0.1) is 0 Å². The first-order chi connectivity index (χ1) is 9.78. The minimum atomic E-state index is -4.19. The number of aliphatic imine (C=N–C) groups is 1. The molecule has 1 rings (SSSR count). The Bertz CT molecular complexity index is 514. The topological polar surface area (TPSA) is 108 Å². The fourth-order valence-corrected chi connectivity index (χ4v) is 1.38. The average molecular weight is 374 g/mol. The molecular formula is C13H19Cl3N2O4. The fourth-order valence-electron chi connectivity index (χ4n) is 1.16. The molecule has 0 aliphatic carbocycles. The van der Waals surface area contributed by atoms with Crippen LogP contribution in [0.25, 0.3) is 0 Å². The SMILES string of the molecule is C=C(Cl)C(=NC(C)(C)C)Nc1ccc(Cl)cc1.[O-][Cl+](O)(O)O. The van der Waals surface area contributed by atoms with Crippen LogP contribution in [0.3, 0.4) is 0 Å². The number of rotatable bonds is 2. The van der Waals surface area contributed by atoms with Crippen LogP contribution in [-0.2, 0) is 0 Å². The first kappa shape index (κ1) is 21.1. The Hall–Kier alpha value is -0.860. The van der Waals surface area contributed by atoms with Crippen molar-refractivity contribution in [3.8, 4) is 0 Å². The summed E-state index contributed by atoms with van der Waals surface area (Å²) in [5.41, 5.74) is 0.659. The molecule has 1 aromatic carbocycles. The van der Waals surface area contributed by atoms with E-state index in [2.05, 4.69) is 16.9 Å². The van der Waals surface area contributed by atoms with Crippen LogP contribution in [0, 0.1) is 10.2 Å². The summed E-state index contributed by atoms with van der Waals surface area (Å²) in [4.78, 5) is 4.47. The Morgan fingerprint density at radius 1 is 1.23 bits per heavy atom. The number of hydrogen-bond donors (Lipinski definition) is 4. The average Bonchev–Trinajstić information content (AvgIpc) is 2.27. The van der Waals surface area contributed by atoms with E-state index in [-0.39, 0.29) is 5.54 Å². The number of nitrogens with one attached hydrogen (secondary N) is 1. The summed E-state index contributed by atoms with van der Waals surface area (Å²) in [6, 6.07) is 7.33. The van der Waals surface area contributed by atoms with Crippen molar-refractivity contribution in [1.82, 2.24) is 0 Å². The predicted octanol–water partition coefficient (Wildman–Crippen LogP) is 1.84. The summed E-state index contributed by atoms with van der Waals surface area (Å²) in [7, 11) is -4.19. The Kier molecular flexibility index (Phi) is 8.35. The summed E-state index contributed by atoms with van der Waals surface area (Å²) < 4.78 is 30.2. The van der Waals surface area contributed by atoms with E-state index in [1.54, 1.807) is 12.1 Å². The molecule has 126 valence electrons. The zero-order valence-electron chi connectivity index (χ0n) is 12.3. The van der Waals surface area contributed by atoms with E-state index < -0.39 is 10.2 Å².